The Hall–Kier alpha value is -1.47. The van der Waals surface area contributed by atoms with Crippen LogP contribution in [0.2, 0.25) is 0 Å². The summed E-state index contributed by atoms with van der Waals surface area (Å²) < 4.78 is 1.30. The van der Waals surface area contributed by atoms with Crippen molar-refractivity contribution >= 4 is 5.97 Å². The lowest BCUT2D eigenvalue weighted by Gasteiger charge is -2.08. The van der Waals surface area contributed by atoms with Gasteiger partial charge < -0.3 is 15.3 Å². The molecule has 7 nitrogen and oxygen atoms in total. The predicted octanol–water partition coefficient (Wildman–Crippen LogP) is -1.11. The Balaban J connectivity index is 2.94. The maximum atomic E-state index is 10.7. The Kier molecular flexibility index (Phi) is 3.75. The minimum atomic E-state index is -1.14. The van der Waals surface area contributed by atoms with Crippen molar-refractivity contribution in [3.8, 4) is 0 Å². The standard InChI is InChI=1S/C8H13N3O4/c1-2-6-7(8(14)15)9-10-11(6)3-5(13)4-12/h5,12-13H,2-4H2,1H3,(H,14,15). The summed E-state index contributed by atoms with van der Waals surface area (Å²) in [4.78, 5) is 10.7. The molecule has 15 heavy (non-hydrogen) atoms. The number of hydrogen-bond acceptors (Lipinski definition) is 5. The molecule has 0 bridgehead atoms. The lowest BCUT2D eigenvalue weighted by atomic mass is 10.2. The highest BCUT2D eigenvalue weighted by atomic mass is 16.4. The van der Waals surface area contributed by atoms with Gasteiger partial charge in [0.1, 0.15) is 0 Å². The zero-order valence-electron chi connectivity index (χ0n) is 8.29. The van der Waals surface area contributed by atoms with Crippen LogP contribution in [0.15, 0.2) is 0 Å². The van der Waals surface area contributed by atoms with Crippen LogP contribution in [0.5, 0.6) is 0 Å². The number of aromatic carboxylic acids is 1. The second kappa shape index (κ2) is 4.85. The van der Waals surface area contributed by atoms with Gasteiger partial charge >= 0.3 is 5.97 Å². The third-order valence-electron chi connectivity index (χ3n) is 1.97. The van der Waals surface area contributed by atoms with E-state index in [9.17, 15) is 9.90 Å². The van der Waals surface area contributed by atoms with Crippen LogP contribution < -0.4 is 0 Å². The average molecular weight is 215 g/mol. The first-order chi connectivity index (χ1) is 7.10. The average Bonchev–Trinajstić information content (AvgIpc) is 2.60. The first-order valence-electron chi connectivity index (χ1n) is 4.54. The topological polar surface area (TPSA) is 108 Å². The molecule has 1 atom stereocenters. The van der Waals surface area contributed by atoms with Crippen LogP contribution >= 0.6 is 0 Å². The summed E-state index contributed by atoms with van der Waals surface area (Å²) in [6.45, 7) is 1.42. The molecule has 1 aromatic rings. The minimum absolute atomic E-state index is 0.0416. The van der Waals surface area contributed by atoms with Crippen LogP contribution in [-0.4, -0.2) is 49.0 Å². The second-order valence-electron chi connectivity index (χ2n) is 3.06. The number of aliphatic hydroxyl groups is 2. The smallest absolute Gasteiger partial charge is 0.358 e. The lowest BCUT2D eigenvalue weighted by Crippen LogP contribution is -2.22. The molecule has 1 aromatic heterocycles. The van der Waals surface area contributed by atoms with Gasteiger partial charge in [-0.1, -0.05) is 12.1 Å². The number of carbonyl (C=O) groups is 1. The Morgan fingerprint density at radius 2 is 2.27 bits per heavy atom. The van der Waals surface area contributed by atoms with E-state index in [2.05, 4.69) is 10.3 Å². The molecular weight excluding hydrogens is 202 g/mol. The molecule has 0 saturated heterocycles. The van der Waals surface area contributed by atoms with E-state index < -0.39 is 18.7 Å². The number of nitrogens with zero attached hydrogens (tertiary/aromatic N) is 3. The third-order valence-corrected chi connectivity index (χ3v) is 1.97. The highest BCUT2D eigenvalue weighted by Gasteiger charge is 2.18. The molecule has 0 radical (unpaired) electrons. The van der Waals surface area contributed by atoms with Gasteiger partial charge in [0.25, 0.3) is 0 Å². The fraction of sp³-hybridized carbons (Fsp3) is 0.625. The van der Waals surface area contributed by atoms with Gasteiger partial charge in [-0.25, -0.2) is 9.48 Å². The van der Waals surface area contributed by atoms with E-state index in [0.29, 0.717) is 12.1 Å². The molecule has 0 spiro atoms. The Morgan fingerprint density at radius 1 is 1.60 bits per heavy atom. The van der Waals surface area contributed by atoms with Crippen LogP contribution in [0.25, 0.3) is 0 Å². The van der Waals surface area contributed by atoms with Crippen LogP contribution in [0.4, 0.5) is 0 Å². The maximum Gasteiger partial charge on any atom is 0.358 e. The summed E-state index contributed by atoms with van der Waals surface area (Å²) in [6, 6.07) is 0. The van der Waals surface area contributed by atoms with Gasteiger partial charge in [-0.05, 0) is 6.42 Å². The van der Waals surface area contributed by atoms with Crippen molar-refractivity contribution in [2.75, 3.05) is 6.61 Å². The molecule has 0 amide bonds. The molecule has 1 unspecified atom stereocenters. The summed E-state index contributed by atoms with van der Waals surface area (Å²) in [5, 5.41) is 33.7. The third kappa shape index (κ3) is 2.51. The van der Waals surface area contributed by atoms with E-state index >= 15 is 0 Å². The Labute approximate surface area is 86.0 Å². The molecule has 3 N–H and O–H groups in total. The van der Waals surface area contributed by atoms with Gasteiger partial charge in [0.15, 0.2) is 5.69 Å². The maximum absolute atomic E-state index is 10.7. The van der Waals surface area contributed by atoms with Crippen LogP contribution in [0.1, 0.15) is 23.1 Å². The van der Waals surface area contributed by atoms with Crippen molar-refractivity contribution in [2.45, 2.75) is 26.0 Å². The summed E-state index contributed by atoms with van der Waals surface area (Å²) in [5.41, 5.74) is 0.331. The zero-order chi connectivity index (χ0) is 11.4. The van der Waals surface area contributed by atoms with E-state index in [0.717, 1.165) is 0 Å². The zero-order valence-corrected chi connectivity index (χ0v) is 8.29. The van der Waals surface area contributed by atoms with E-state index in [1.807, 2.05) is 0 Å². The summed E-state index contributed by atoms with van der Waals surface area (Å²) >= 11 is 0. The van der Waals surface area contributed by atoms with Crippen LogP contribution in [0, 0.1) is 0 Å². The number of aliphatic hydroxyl groups excluding tert-OH is 2. The molecule has 7 heteroatoms. The lowest BCUT2D eigenvalue weighted by molar-refractivity contribution is 0.0687. The number of carboxylic acids is 1. The Bertz CT molecular complexity index is 350. The van der Waals surface area contributed by atoms with Crippen LogP contribution in [-0.2, 0) is 13.0 Å². The molecule has 0 fully saturated rings. The van der Waals surface area contributed by atoms with Gasteiger partial charge in [-0.2, -0.15) is 0 Å². The molecule has 0 aliphatic heterocycles. The molecule has 0 aromatic carbocycles. The van der Waals surface area contributed by atoms with Gasteiger partial charge in [0.05, 0.1) is 24.9 Å². The monoisotopic (exact) mass is 215 g/mol. The van der Waals surface area contributed by atoms with Gasteiger partial charge in [-0.3, -0.25) is 0 Å². The minimum Gasteiger partial charge on any atom is -0.476 e. The van der Waals surface area contributed by atoms with E-state index in [-0.39, 0.29) is 12.2 Å². The molecular formula is C8H13N3O4. The molecule has 1 rings (SSSR count). The molecule has 0 aliphatic rings. The van der Waals surface area contributed by atoms with Gasteiger partial charge in [0.2, 0.25) is 0 Å². The van der Waals surface area contributed by atoms with Crippen molar-refractivity contribution in [1.82, 2.24) is 15.0 Å². The van der Waals surface area contributed by atoms with E-state index in [4.69, 9.17) is 10.2 Å². The van der Waals surface area contributed by atoms with E-state index in [1.165, 1.54) is 4.68 Å². The summed E-state index contributed by atoms with van der Waals surface area (Å²) in [5.74, 6) is -1.14. The largest absolute Gasteiger partial charge is 0.476 e. The molecule has 84 valence electrons. The van der Waals surface area contributed by atoms with Crippen molar-refractivity contribution in [1.29, 1.82) is 0 Å². The number of hydrogen-bond donors (Lipinski definition) is 3. The van der Waals surface area contributed by atoms with Crippen molar-refractivity contribution in [3.63, 3.8) is 0 Å². The highest BCUT2D eigenvalue weighted by Crippen LogP contribution is 2.07. The number of rotatable bonds is 5. The van der Waals surface area contributed by atoms with Crippen molar-refractivity contribution < 1.29 is 20.1 Å². The Morgan fingerprint density at radius 3 is 2.73 bits per heavy atom. The molecule has 1 heterocycles. The first kappa shape index (κ1) is 11.6. The van der Waals surface area contributed by atoms with Crippen molar-refractivity contribution in [2.24, 2.45) is 0 Å². The number of carboxylic acid groups (broad SMARTS) is 1. The SMILES string of the molecule is CCc1c(C(=O)O)nnn1CC(O)CO. The van der Waals surface area contributed by atoms with E-state index in [1.54, 1.807) is 6.92 Å². The molecule has 0 aliphatic carbocycles. The quantitative estimate of drug-likeness (QED) is 0.574. The number of aromatic nitrogens is 3. The summed E-state index contributed by atoms with van der Waals surface area (Å²) in [6.07, 6.45) is -0.508. The highest BCUT2D eigenvalue weighted by molar-refractivity contribution is 5.86. The fourth-order valence-electron chi connectivity index (χ4n) is 1.25. The summed E-state index contributed by atoms with van der Waals surface area (Å²) in [7, 11) is 0. The first-order valence-corrected chi connectivity index (χ1v) is 4.54. The molecule has 0 saturated carbocycles. The van der Waals surface area contributed by atoms with Gasteiger partial charge in [0, 0.05) is 0 Å². The fourth-order valence-corrected chi connectivity index (χ4v) is 1.25. The predicted molar refractivity (Wildman–Crippen MR) is 49.5 cm³/mol. The second-order valence-corrected chi connectivity index (χ2v) is 3.06. The normalized spacial score (nSPS) is 12.7. The van der Waals surface area contributed by atoms with Crippen LogP contribution in [0.3, 0.4) is 0 Å². The van der Waals surface area contributed by atoms with Crippen molar-refractivity contribution in [3.05, 3.63) is 11.4 Å². The van der Waals surface area contributed by atoms with Gasteiger partial charge in [-0.15, -0.1) is 5.10 Å².